The maximum absolute atomic E-state index is 11.3. The smallest absolute Gasteiger partial charge is 0.337 e. The molecule has 5 nitrogen and oxygen atoms in total. The number of esters is 1. The van der Waals surface area contributed by atoms with Crippen molar-refractivity contribution in [1.29, 1.82) is 0 Å². The first-order chi connectivity index (χ1) is 9.71. The summed E-state index contributed by atoms with van der Waals surface area (Å²) in [6.07, 6.45) is 2.62. The van der Waals surface area contributed by atoms with E-state index in [0.29, 0.717) is 12.1 Å². The minimum Gasteiger partial charge on any atom is -0.465 e. The normalized spacial score (nSPS) is 10.8. The highest BCUT2D eigenvalue weighted by Crippen LogP contribution is 2.06. The van der Waals surface area contributed by atoms with Crippen molar-refractivity contribution in [3.8, 4) is 0 Å². The van der Waals surface area contributed by atoms with Crippen molar-refractivity contribution in [1.82, 2.24) is 10.6 Å². The molecule has 0 heterocycles. The van der Waals surface area contributed by atoms with Crippen LogP contribution < -0.4 is 10.6 Å². The summed E-state index contributed by atoms with van der Waals surface area (Å²) in [7, 11) is 3.10. The van der Waals surface area contributed by atoms with Gasteiger partial charge in [0.1, 0.15) is 0 Å². The zero-order valence-corrected chi connectivity index (χ0v) is 12.0. The Labute approximate surface area is 119 Å². The van der Waals surface area contributed by atoms with Crippen LogP contribution in [0.3, 0.4) is 0 Å². The standard InChI is InChI=1S/C15H21N3O2/c1-4-10-17-15(16-2)18-11-9-12-5-7-13(8-6-12)14(19)20-3/h4-8H,1,9-11H2,2-3H3,(H2,16,17,18). The van der Waals surface area contributed by atoms with Crippen molar-refractivity contribution >= 4 is 11.9 Å². The third kappa shape index (κ3) is 5.14. The number of ether oxygens (including phenoxy) is 1. The molecule has 1 aromatic carbocycles. The highest BCUT2D eigenvalue weighted by molar-refractivity contribution is 5.89. The summed E-state index contributed by atoms with van der Waals surface area (Å²) >= 11 is 0. The fourth-order valence-corrected chi connectivity index (χ4v) is 1.64. The molecule has 0 unspecified atom stereocenters. The zero-order chi connectivity index (χ0) is 14.8. The fourth-order valence-electron chi connectivity index (χ4n) is 1.64. The van der Waals surface area contributed by atoms with Gasteiger partial charge in [0.15, 0.2) is 5.96 Å². The van der Waals surface area contributed by atoms with Gasteiger partial charge in [-0.05, 0) is 24.1 Å². The predicted molar refractivity (Wildman–Crippen MR) is 81.0 cm³/mol. The van der Waals surface area contributed by atoms with Gasteiger partial charge in [-0.2, -0.15) is 0 Å². The van der Waals surface area contributed by atoms with Gasteiger partial charge >= 0.3 is 5.97 Å². The van der Waals surface area contributed by atoms with E-state index in [4.69, 9.17) is 0 Å². The largest absolute Gasteiger partial charge is 0.465 e. The molecule has 0 spiro atoms. The third-order valence-electron chi connectivity index (χ3n) is 2.72. The second-order valence-corrected chi connectivity index (χ2v) is 4.11. The number of aliphatic imine (C=N–C) groups is 1. The van der Waals surface area contributed by atoms with E-state index in [1.165, 1.54) is 7.11 Å². The number of benzene rings is 1. The van der Waals surface area contributed by atoms with E-state index < -0.39 is 0 Å². The van der Waals surface area contributed by atoms with Gasteiger partial charge in [-0.3, -0.25) is 4.99 Å². The molecule has 0 aliphatic rings. The number of nitrogens with one attached hydrogen (secondary N) is 2. The fraction of sp³-hybridized carbons (Fsp3) is 0.333. The van der Waals surface area contributed by atoms with Gasteiger partial charge in [0.05, 0.1) is 12.7 Å². The average molecular weight is 275 g/mol. The van der Waals surface area contributed by atoms with Crippen LogP contribution in [0.2, 0.25) is 0 Å². The highest BCUT2D eigenvalue weighted by Gasteiger charge is 2.04. The molecular formula is C15H21N3O2. The van der Waals surface area contributed by atoms with Gasteiger partial charge in [-0.25, -0.2) is 4.79 Å². The minimum atomic E-state index is -0.316. The highest BCUT2D eigenvalue weighted by atomic mass is 16.5. The number of methoxy groups -OCH3 is 1. The van der Waals surface area contributed by atoms with Crippen molar-refractivity contribution in [2.24, 2.45) is 4.99 Å². The van der Waals surface area contributed by atoms with Crippen molar-refractivity contribution in [2.75, 3.05) is 27.2 Å². The van der Waals surface area contributed by atoms with Crippen LogP contribution in [-0.4, -0.2) is 39.2 Å². The van der Waals surface area contributed by atoms with Gasteiger partial charge in [0.2, 0.25) is 0 Å². The molecule has 0 atom stereocenters. The van der Waals surface area contributed by atoms with Gasteiger partial charge in [-0.1, -0.05) is 18.2 Å². The lowest BCUT2D eigenvalue weighted by Gasteiger charge is -2.10. The Balaban J connectivity index is 2.42. The summed E-state index contributed by atoms with van der Waals surface area (Å²) in [5, 5.41) is 6.30. The molecular weight excluding hydrogens is 254 g/mol. The van der Waals surface area contributed by atoms with Gasteiger partial charge in [0, 0.05) is 20.1 Å². The molecule has 108 valence electrons. The van der Waals surface area contributed by atoms with Crippen molar-refractivity contribution < 1.29 is 9.53 Å². The molecule has 0 fully saturated rings. The predicted octanol–water partition coefficient (Wildman–Crippen LogP) is 1.37. The Morgan fingerprint density at radius 1 is 1.35 bits per heavy atom. The van der Waals surface area contributed by atoms with E-state index in [-0.39, 0.29) is 5.97 Å². The molecule has 0 amide bonds. The van der Waals surface area contributed by atoms with Crippen molar-refractivity contribution in [3.05, 3.63) is 48.0 Å². The third-order valence-corrected chi connectivity index (χ3v) is 2.72. The van der Waals surface area contributed by atoms with E-state index in [9.17, 15) is 4.79 Å². The maximum atomic E-state index is 11.3. The number of guanidine groups is 1. The van der Waals surface area contributed by atoms with Crippen LogP contribution in [0.4, 0.5) is 0 Å². The van der Waals surface area contributed by atoms with Gasteiger partial charge < -0.3 is 15.4 Å². The molecule has 0 saturated heterocycles. The Morgan fingerprint density at radius 3 is 2.60 bits per heavy atom. The Kier molecular flexibility index (Phi) is 6.89. The van der Waals surface area contributed by atoms with Crippen LogP contribution in [0.15, 0.2) is 41.9 Å². The SMILES string of the molecule is C=CCNC(=NC)NCCc1ccc(C(=O)OC)cc1. The molecule has 2 N–H and O–H groups in total. The molecule has 1 rings (SSSR count). The lowest BCUT2D eigenvalue weighted by Crippen LogP contribution is -2.38. The Hall–Kier alpha value is -2.30. The number of nitrogens with zero attached hydrogens (tertiary/aromatic N) is 1. The maximum Gasteiger partial charge on any atom is 0.337 e. The lowest BCUT2D eigenvalue weighted by atomic mass is 10.1. The summed E-state index contributed by atoms with van der Waals surface area (Å²) in [6.45, 7) is 5.07. The number of rotatable bonds is 6. The van der Waals surface area contributed by atoms with Crippen molar-refractivity contribution in [3.63, 3.8) is 0 Å². The van der Waals surface area contributed by atoms with Crippen LogP contribution >= 0.6 is 0 Å². The van der Waals surface area contributed by atoms with Gasteiger partial charge in [-0.15, -0.1) is 6.58 Å². The first kappa shape index (κ1) is 15.8. The zero-order valence-electron chi connectivity index (χ0n) is 12.0. The Bertz CT molecular complexity index is 467. The first-order valence-electron chi connectivity index (χ1n) is 6.44. The summed E-state index contributed by atoms with van der Waals surface area (Å²) in [6, 6.07) is 7.39. The molecule has 0 aliphatic heterocycles. The molecule has 20 heavy (non-hydrogen) atoms. The van der Waals surface area contributed by atoms with E-state index >= 15 is 0 Å². The second kappa shape index (κ2) is 8.74. The summed E-state index contributed by atoms with van der Waals surface area (Å²) in [4.78, 5) is 15.4. The molecule has 1 aromatic rings. The molecule has 0 saturated carbocycles. The first-order valence-corrected chi connectivity index (χ1v) is 6.44. The topological polar surface area (TPSA) is 62.7 Å². The van der Waals surface area contributed by atoms with E-state index in [1.807, 2.05) is 12.1 Å². The monoisotopic (exact) mass is 275 g/mol. The van der Waals surface area contributed by atoms with Crippen LogP contribution in [-0.2, 0) is 11.2 Å². The summed E-state index contributed by atoms with van der Waals surface area (Å²) in [5.41, 5.74) is 1.71. The number of hydrogen-bond acceptors (Lipinski definition) is 3. The molecule has 0 aromatic heterocycles. The second-order valence-electron chi connectivity index (χ2n) is 4.11. The lowest BCUT2D eigenvalue weighted by molar-refractivity contribution is 0.0600. The summed E-state index contributed by atoms with van der Waals surface area (Å²) in [5.74, 6) is 0.430. The van der Waals surface area contributed by atoms with E-state index in [1.54, 1.807) is 25.3 Å². The summed E-state index contributed by atoms with van der Waals surface area (Å²) < 4.78 is 4.66. The van der Waals surface area contributed by atoms with Crippen LogP contribution in [0.25, 0.3) is 0 Å². The van der Waals surface area contributed by atoms with E-state index in [2.05, 4.69) is 26.9 Å². The van der Waals surface area contributed by atoms with Crippen LogP contribution in [0.5, 0.6) is 0 Å². The Morgan fingerprint density at radius 2 is 2.05 bits per heavy atom. The number of carbonyl (C=O) groups is 1. The quantitative estimate of drug-likeness (QED) is 0.356. The van der Waals surface area contributed by atoms with Crippen molar-refractivity contribution in [2.45, 2.75) is 6.42 Å². The molecule has 0 aliphatic carbocycles. The molecule has 5 heteroatoms. The average Bonchev–Trinajstić information content (AvgIpc) is 2.50. The molecule has 0 radical (unpaired) electrons. The van der Waals surface area contributed by atoms with Gasteiger partial charge in [0.25, 0.3) is 0 Å². The molecule has 0 bridgehead atoms. The van der Waals surface area contributed by atoms with Crippen LogP contribution in [0.1, 0.15) is 15.9 Å². The number of carbonyl (C=O) groups excluding carboxylic acids is 1. The van der Waals surface area contributed by atoms with E-state index in [0.717, 1.165) is 24.5 Å². The number of hydrogen-bond donors (Lipinski definition) is 2. The minimum absolute atomic E-state index is 0.316. The van der Waals surface area contributed by atoms with Crippen LogP contribution in [0, 0.1) is 0 Å².